The molecule has 2 rings (SSSR count). The van der Waals surface area contributed by atoms with Crippen LogP contribution in [0.3, 0.4) is 0 Å². The van der Waals surface area contributed by atoms with Gasteiger partial charge in [-0.3, -0.25) is 4.79 Å². The highest BCUT2D eigenvalue weighted by Gasteiger charge is 2.13. The van der Waals surface area contributed by atoms with Crippen LogP contribution in [0.2, 0.25) is 0 Å². The van der Waals surface area contributed by atoms with Gasteiger partial charge in [-0.1, -0.05) is 12.7 Å². The van der Waals surface area contributed by atoms with Crippen molar-refractivity contribution in [2.75, 3.05) is 5.75 Å². The van der Waals surface area contributed by atoms with Gasteiger partial charge in [-0.2, -0.15) is 0 Å². The normalized spacial score (nSPS) is 21.5. The second-order valence-corrected chi connectivity index (χ2v) is 6.44. The number of hydrogen-bond acceptors (Lipinski definition) is 3. The molecule has 112 valence electrons. The molecule has 0 aromatic carbocycles. The summed E-state index contributed by atoms with van der Waals surface area (Å²) >= 11 is 1.91. The highest BCUT2D eigenvalue weighted by molar-refractivity contribution is 8.03. The van der Waals surface area contributed by atoms with Crippen molar-refractivity contribution in [1.82, 2.24) is 5.32 Å². The first-order valence-corrected chi connectivity index (χ1v) is 8.22. The van der Waals surface area contributed by atoms with Crippen LogP contribution in [0.1, 0.15) is 32.6 Å². The average Bonchev–Trinajstić information content (AvgIpc) is 3.01. The molecule has 1 fully saturated rings. The maximum absolute atomic E-state index is 12.2. The number of carbonyl (C=O) groups is 1. The second kappa shape index (κ2) is 7.36. The number of nitrogens with one attached hydrogen (secondary N) is 1. The maximum Gasteiger partial charge on any atom is 0.251 e. The lowest BCUT2D eigenvalue weighted by Crippen LogP contribution is -2.24. The molecule has 1 amide bonds. The lowest BCUT2D eigenvalue weighted by Gasteiger charge is -2.13. The predicted molar refractivity (Wildman–Crippen MR) is 90.4 cm³/mol. The standard InChI is InChI=1S/C17H22N2OS/c1-3-15(11-12(2)16-5-4-10-21-16)19-17(20)13-6-8-14(18)9-7-13/h3,6,8,11H,1,4-5,7,9-10,18H2,2H3,(H,19,20)/b15-11+,16-12+. The Kier molecular flexibility index (Phi) is 5.51. The number of allylic oxidation sites excluding steroid dienone is 7. The molecule has 1 saturated heterocycles. The van der Waals surface area contributed by atoms with Crippen LogP contribution in [-0.2, 0) is 4.79 Å². The maximum atomic E-state index is 12.2. The summed E-state index contributed by atoms with van der Waals surface area (Å²) in [7, 11) is 0. The molecule has 2 aliphatic rings. The van der Waals surface area contributed by atoms with Crippen molar-refractivity contribution in [2.45, 2.75) is 32.6 Å². The van der Waals surface area contributed by atoms with Crippen molar-refractivity contribution in [3.8, 4) is 0 Å². The van der Waals surface area contributed by atoms with Crippen LogP contribution in [-0.4, -0.2) is 11.7 Å². The molecule has 0 bridgehead atoms. The molecular weight excluding hydrogens is 280 g/mol. The largest absolute Gasteiger partial charge is 0.402 e. The number of hydrogen-bond donors (Lipinski definition) is 2. The van der Waals surface area contributed by atoms with Gasteiger partial charge in [0.25, 0.3) is 5.91 Å². The van der Waals surface area contributed by atoms with Crippen LogP contribution in [0.4, 0.5) is 0 Å². The van der Waals surface area contributed by atoms with E-state index in [1.54, 1.807) is 18.2 Å². The Morgan fingerprint density at radius 3 is 2.76 bits per heavy atom. The summed E-state index contributed by atoms with van der Waals surface area (Å²) in [6, 6.07) is 0. The molecule has 1 heterocycles. The number of carbonyl (C=O) groups excluding carboxylic acids is 1. The van der Waals surface area contributed by atoms with Gasteiger partial charge >= 0.3 is 0 Å². The summed E-state index contributed by atoms with van der Waals surface area (Å²) in [6.45, 7) is 5.88. The van der Waals surface area contributed by atoms with Crippen LogP contribution >= 0.6 is 11.8 Å². The Balaban J connectivity index is 2.07. The van der Waals surface area contributed by atoms with E-state index in [0.717, 1.165) is 29.8 Å². The van der Waals surface area contributed by atoms with Crippen molar-refractivity contribution in [2.24, 2.45) is 5.73 Å². The van der Waals surface area contributed by atoms with Crippen molar-refractivity contribution in [3.05, 3.63) is 58.3 Å². The zero-order valence-electron chi connectivity index (χ0n) is 12.4. The fraction of sp³-hybridized carbons (Fsp3) is 0.353. The van der Waals surface area contributed by atoms with Gasteiger partial charge in [0.1, 0.15) is 0 Å². The Morgan fingerprint density at radius 2 is 2.19 bits per heavy atom. The number of nitrogens with two attached hydrogens (primary N) is 1. The highest BCUT2D eigenvalue weighted by atomic mass is 32.2. The first-order chi connectivity index (χ1) is 10.1. The van der Waals surface area contributed by atoms with Gasteiger partial charge in [0.2, 0.25) is 0 Å². The molecular formula is C17H22N2OS. The summed E-state index contributed by atoms with van der Waals surface area (Å²) in [5.41, 5.74) is 9.26. The SMILES string of the molecule is C=C/C(=C\C(C)=C1/CCCS1)NC(=O)C1=CC=C(N)CC1. The lowest BCUT2D eigenvalue weighted by molar-refractivity contribution is -0.116. The summed E-state index contributed by atoms with van der Waals surface area (Å²) in [5.74, 6) is 1.12. The smallest absolute Gasteiger partial charge is 0.251 e. The van der Waals surface area contributed by atoms with E-state index in [9.17, 15) is 4.79 Å². The average molecular weight is 302 g/mol. The predicted octanol–water partition coefficient (Wildman–Crippen LogP) is 3.54. The van der Waals surface area contributed by atoms with E-state index in [-0.39, 0.29) is 5.91 Å². The topological polar surface area (TPSA) is 55.1 Å². The van der Waals surface area contributed by atoms with Gasteiger partial charge in [0.15, 0.2) is 0 Å². The third-order valence-electron chi connectivity index (χ3n) is 3.59. The Hall–Kier alpha value is -1.68. The van der Waals surface area contributed by atoms with Crippen molar-refractivity contribution in [3.63, 3.8) is 0 Å². The van der Waals surface area contributed by atoms with Crippen molar-refractivity contribution >= 4 is 17.7 Å². The van der Waals surface area contributed by atoms with Gasteiger partial charge in [-0.25, -0.2) is 0 Å². The monoisotopic (exact) mass is 302 g/mol. The second-order valence-electron chi connectivity index (χ2n) is 5.25. The lowest BCUT2D eigenvalue weighted by atomic mass is 10.0. The molecule has 0 aromatic heterocycles. The first-order valence-electron chi connectivity index (χ1n) is 7.23. The molecule has 0 atom stereocenters. The molecule has 0 unspecified atom stereocenters. The fourth-order valence-electron chi connectivity index (χ4n) is 2.32. The third-order valence-corrected chi connectivity index (χ3v) is 4.95. The molecule has 4 heteroatoms. The Bertz CT molecular complexity index is 559. The zero-order valence-corrected chi connectivity index (χ0v) is 13.3. The van der Waals surface area contributed by atoms with Gasteiger partial charge in [-0.05, 0) is 67.1 Å². The molecule has 21 heavy (non-hydrogen) atoms. The molecule has 1 aliphatic heterocycles. The van der Waals surface area contributed by atoms with Crippen LogP contribution in [0.15, 0.2) is 58.3 Å². The first kappa shape index (κ1) is 15.7. The van der Waals surface area contributed by atoms with Crippen LogP contribution in [0.25, 0.3) is 0 Å². The Morgan fingerprint density at radius 1 is 1.38 bits per heavy atom. The third kappa shape index (κ3) is 4.39. The molecule has 3 nitrogen and oxygen atoms in total. The van der Waals surface area contributed by atoms with Gasteiger partial charge in [-0.15, -0.1) is 11.8 Å². The molecule has 0 saturated carbocycles. The van der Waals surface area contributed by atoms with E-state index >= 15 is 0 Å². The van der Waals surface area contributed by atoms with E-state index in [1.165, 1.54) is 22.7 Å². The van der Waals surface area contributed by atoms with Crippen molar-refractivity contribution in [1.29, 1.82) is 0 Å². The minimum Gasteiger partial charge on any atom is -0.402 e. The minimum atomic E-state index is -0.0678. The van der Waals surface area contributed by atoms with E-state index in [1.807, 2.05) is 17.8 Å². The van der Waals surface area contributed by atoms with E-state index in [2.05, 4.69) is 18.8 Å². The zero-order chi connectivity index (χ0) is 15.2. The molecule has 3 N–H and O–H groups in total. The van der Waals surface area contributed by atoms with Gasteiger partial charge in [0.05, 0.1) is 0 Å². The highest BCUT2D eigenvalue weighted by Crippen LogP contribution is 2.33. The van der Waals surface area contributed by atoms with E-state index < -0.39 is 0 Å². The van der Waals surface area contributed by atoms with E-state index in [0.29, 0.717) is 6.42 Å². The summed E-state index contributed by atoms with van der Waals surface area (Å²) in [6.07, 6.45) is 11.1. The fourth-order valence-corrected chi connectivity index (χ4v) is 3.44. The molecule has 0 spiro atoms. The Labute approximate surface area is 130 Å². The minimum absolute atomic E-state index is 0.0678. The van der Waals surface area contributed by atoms with Crippen molar-refractivity contribution < 1.29 is 4.79 Å². The van der Waals surface area contributed by atoms with Gasteiger partial charge in [0, 0.05) is 17.0 Å². The quantitative estimate of drug-likeness (QED) is 0.781. The summed E-state index contributed by atoms with van der Waals surface area (Å²) in [4.78, 5) is 13.6. The number of rotatable bonds is 4. The van der Waals surface area contributed by atoms with E-state index in [4.69, 9.17) is 5.73 Å². The molecule has 0 aromatic rings. The van der Waals surface area contributed by atoms with Crippen LogP contribution in [0, 0.1) is 0 Å². The van der Waals surface area contributed by atoms with Gasteiger partial charge < -0.3 is 11.1 Å². The van der Waals surface area contributed by atoms with Crippen LogP contribution < -0.4 is 11.1 Å². The number of amides is 1. The molecule has 0 radical (unpaired) electrons. The summed E-state index contributed by atoms with van der Waals surface area (Å²) in [5, 5.41) is 2.93. The van der Waals surface area contributed by atoms with Crippen LogP contribution in [0.5, 0.6) is 0 Å². The number of thioether (sulfide) groups is 1. The molecule has 1 aliphatic carbocycles. The summed E-state index contributed by atoms with van der Waals surface area (Å²) < 4.78 is 0.